The first-order valence-corrected chi connectivity index (χ1v) is 13.6. The van der Waals surface area contributed by atoms with E-state index in [9.17, 15) is 19.6 Å². The van der Waals surface area contributed by atoms with E-state index in [0.29, 0.717) is 6.42 Å². The molecule has 2 aromatic rings. The molecule has 10 heteroatoms. The van der Waals surface area contributed by atoms with Gasteiger partial charge in [0, 0.05) is 35.5 Å². The predicted molar refractivity (Wildman–Crippen MR) is 146 cm³/mol. The molecule has 4 atom stereocenters. The molecule has 1 saturated heterocycles. The van der Waals surface area contributed by atoms with E-state index in [1.54, 1.807) is 0 Å². The van der Waals surface area contributed by atoms with Crippen LogP contribution in [0.5, 0.6) is 0 Å². The molecule has 1 fully saturated rings. The number of hydrogen-bond donors (Lipinski definition) is 2. The molecule has 2 aromatic carbocycles. The Bertz CT molecular complexity index is 1300. The summed E-state index contributed by atoms with van der Waals surface area (Å²) in [6.07, 6.45) is 1.81. The van der Waals surface area contributed by atoms with Gasteiger partial charge in [0.2, 0.25) is 5.91 Å². The van der Waals surface area contributed by atoms with Crippen molar-refractivity contribution in [1.82, 2.24) is 10.6 Å². The normalized spacial score (nSPS) is 22.8. The summed E-state index contributed by atoms with van der Waals surface area (Å²) in [5, 5.41) is 16.7. The number of nitriles is 1. The molecule has 3 rings (SSSR count). The van der Waals surface area contributed by atoms with Crippen LogP contribution in [0.4, 0.5) is 8.78 Å². The van der Waals surface area contributed by atoms with Gasteiger partial charge in [-0.15, -0.1) is 0 Å². The lowest BCUT2D eigenvalue weighted by Crippen LogP contribution is -2.46. The van der Waals surface area contributed by atoms with Gasteiger partial charge >= 0.3 is 0 Å². The highest BCUT2D eigenvalue weighted by molar-refractivity contribution is 6.31. The number of halogens is 4. The SMILES string of the molecule is CCC(C)(CC)C[C@@H]1N[C@@H](C(=O)NCCC(=O)C=O)[C@H](c2cccc(Cl)c2F)[C@@]1(C#N)c1ccc(Cl)cc1F. The Labute approximate surface area is 237 Å². The van der Waals surface area contributed by atoms with Crippen molar-refractivity contribution in [3.05, 3.63) is 69.2 Å². The number of ketones is 1. The molecule has 1 amide bonds. The van der Waals surface area contributed by atoms with Crippen molar-refractivity contribution in [2.24, 2.45) is 5.41 Å². The summed E-state index contributed by atoms with van der Waals surface area (Å²) >= 11 is 12.2. The van der Waals surface area contributed by atoms with Gasteiger partial charge < -0.3 is 10.6 Å². The van der Waals surface area contributed by atoms with Gasteiger partial charge in [-0.05, 0) is 35.6 Å². The zero-order chi connectivity index (χ0) is 29.0. The van der Waals surface area contributed by atoms with E-state index in [4.69, 9.17) is 23.2 Å². The second-order valence-corrected chi connectivity index (χ2v) is 11.1. The van der Waals surface area contributed by atoms with Crippen LogP contribution in [0.15, 0.2) is 36.4 Å². The van der Waals surface area contributed by atoms with E-state index in [-0.39, 0.29) is 45.8 Å². The number of nitrogens with one attached hydrogen (secondary N) is 2. The van der Waals surface area contributed by atoms with Crippen LogP contribution in [0, 0.1) is 28.4 Å². The Morgan fingerprint density at radius 1 is 1.21 bits per heavy atom. The number of Topliss-reactive ketones (excluding diaryl/α,β-unsaturated/α-hetero) is 1. The van der Waals surface area contributed by atoms with Gasteiger partial charge in [0.25, 0.3) is 0 Å². The van der Waals surface area contributed by atoms with E-state index in [1.165, 1.54) is 30.3 Å². The first-order chi connectivity index (χ1) is 18.5. The Morgan fingerprint density at radius 3 is 2.49 bits per heavy atom. The first-order valence-electron chi connectivity index (χ1n) is 12.8. The summed E-state index contributed by atoms with van der Waals surface area (Å²) in [6, 6.07) is 8.58. The third-order valence-corrected chi connectivity index (χ3v) is 8.65. The maximum absolute atomic E-state index is 15.7. The monoisotopic (exact) mass is 577 g/mol. The summed E-state index contributed by atoms with van der Waals surface area (Å²) < 4.78 is 31.3. The van der Waals surface area contributed by atoms with Gasteiger partial charge in [0.1, 0.15) is 17.0 Å². The van der Waals surface area contributed by atoms with Crippen LogP contribution in [0.3, 0.4) is 0 Å². The van der Waals surface area contributed by atoms with Crippen molar-refractivity contribution in [1.29, 1.82) is 5.26 Å². The number of hydrogen-bond acceptors (Lipinski definition) is 5. The van der Waals surface area contributed by atoms with Gasteiger partial charge in [0.15, 0.2) is 12.1 Å². The fraction of sp³-hybridized carbons (Fsp3) is 0.448. The lowest BCUT2D eigenvalue weighted by Gasteiger charge is -2.39. The van der Waals surface area contributed by atoms with Gasteiger partial charge in [-0.3, -0.25) is 14.4 Å². The maximum atomic E-state index is 15.7. The molecule has 208 valence electrons. The van der Waals surface area contributed by atoms with E-state index < -0.39 is 46.7 Å². The zero-order valence-corrected chi connectivity index (χ0v) is 23.5. The van der Waals surface area contributed by atoms with E-state index in [0.717, 1.165) is 18.9 Å². The molecule has 1 aliphatic heterocycles. The van der Waals surface area contributed by atoms with E-state index in [1.807, 2.05) is 20.8 Å². The van der Waals surface area contributed by atoms with Crippen molar-refractivity contribution in [2.75, 3.05) is 6.54 Å². The summed E-state index contributed by atoms with van der Waals surface area (Å²) in [6.45, 7) is 5.93. The van der Waals surface area contributed by atoms with Crippen LogP contribution in [-0.4, -0.2) is 36.6 Å². The van der Waals surface area contributed by atoms with Crippen LogP contribution < -0.4 is 10.6 Å². The smallest absolute Gasteiger partial charge is 0.237 e. The molecule has 39 heavy (non-hydrogen) atoms. The van der Waals surface area contributed by atoms with Crippen molar-refractivity contribution in [3.63, 3.8) is 0 Å². The van der Waals surface area contributed by atoms with Gasteiger partial charge in [-0.25, -0.2) is 8.78 Å². The molecule has 0 spiro atoms. The molecule has 0 saturated carbocycles. The molecule has 1 heterocycles. The first kappa shape index (κ1) is 30.7. The minimum absolute atomic E-state index is 0.0164. The predicted octanol–water partition coefficient (Wildman–Crippen LogP) is 5.65. The highest BCUT2D eigenvalue weighted by Gasteiger charge is 2.61. The van der Waals surface area contributed by atoms with E-state index in [2.05, 4.69) is 16.7 Å². The molecule has 0 aliphatic carbocycles. The van der Waals surface area contributed by atoms with Crippen molar-refractivity contribution >= 4 is 41.2 Å². The summed E-state index contributed by atoms with van der Waals surface area (Å²) in [4.78, 5) is 35.7. The summed E-state index contributed by atoms with van der Waals surface area (Å²) in [5.74, 6) is -4.09. The Balaban J connectivity index is 2.28. The van der Waals surface area contributed by atoms with Crippen molar-refractivity contribution in [2.45, 2.75) is 69.9 Å². The second kappa shape index (κ2) is 12.5. The molecular formula is C29H31Cl2F2N3O3. The Morgan fingerprint density at radius 2 is 1.90 bits per heavy atom. The second-order valence-electron chi connectivity index (χ2n) is 10.3. The minimum Gasteiger partial charge on any atom is -0.354 e. The lowest BCUT2D eigenvalue weighted by atomic mass is 9.62. The Hall–Kier alpha value is -2.86. The zero-order valence-electron chi connectivity index (χ0n) is 22.0. The molecule has 2 N–H and O–H groups in total. The third-order valence-electron chi connectivity index (χ3n) is 8.12. The fourth-order valence-corrected chi connectivity index (χ4v) is 5.79. The van der Waals surface area contributed by atoms with Crippen molar-refractivity contribution in [3.8, 4) is 6.07 Å². The Kier molecular flexibility index (Phi) is 9.87. The van der Waals surface area contributed by atoms with Gasteiger partial charge in [-0.2, -0.15) is 5.26 Å². The third kappa shape index (κ3) is 6.01. The molecular weight excluding hydrogens is 547 g/mol. The molecule has 0 unspecified atom stereocenters. The molecule has 6 nitrogen and oxygen atoms in total. The number of rotatable bonds is 11. The van der Waals surface area contributed by atoms with E-state index >= 15 is 8.78 Å². The van der Waals surface area contributed by atoms with Crippen LogP contribution in [0.25, 0.3) is 0 Å². The number of carbonyl (C=O) groups excluding carboxylic acids is 3. The molecule has 0 radical (unpaired) electrons. The highest BCUT2D eigenvalue weighted by atomic mass is 35.5. The van der Waals surface area contributed by atoms with Crippen LogP contribution >= 0.6 is 23.2 Å². The topological polar surface area (TPSA) is 99.1 Å². The average molecular weight is 578 g/mol. The van der Waals surface area contributed by atoms with Gasteiger partial charge in [-0.1, -0.05) is 75.0 Å². The molecule has 1 aliphatic rings. The number of aldehydes is 1. The number of carbonyl (C=O) groups is 3. The average Bonchev–Trinajstić information content (AvgIpc) is 3.23. The highest BCUT2D eigenvalue weighted by Crippen LogP contribution is 2.53. The maximum Gasteiger partial charge on any atom is 0.237 e. The number of amides is 1. The number of nitrogens with zero attached hydrogens (tertiary/aromatic N) is 1. The largest absolute Gasteiger partial charge is 0.354 e. The van der Waals surface area contributed by atoms with Crippen LogP contribution in [0.1, 0.15) is 63.5 Å². The fourth-order valence-electron chi connectivity index (χ4n) is 5.45. The molecule has 0 aromatic heterocycles. The summed E-state index contributed by atoms with van der Waals surface area (Å²) in [7, 11) is 0. The quantitative estimate of drug-likeness (QED) is 0.265. The lowest BCUT2D eigenvalue weighted by molar-refractivity contribution is -0.130. The summed E-state index contributed by atoms with van der Waals surface area (Å²) in [5.41, 5.74) is -2.07. The minimum atomic E-state index is -1.74. The molecule has 0 bridgehead atoms. The van der Waals surface area contributed by atoms with Crippen LogP contribution in [-0.2, 0) is 19.8 Å². The van der Waals surface area contributed by atoms with Crippen LogP contribution in [0.2, 0.25) is 10.0 Å². The van der Waals surface area contributed by atoms with Crippen molar-refractivity contribution < 1.29 is 23.2 Å². The number of benzene rings is 2. The standard InChI is InChI=1S/C29H31Cl2F2N3O3/c1-4-28(3,5-2)14-23-29(16-34,20-10-9-17(30)13-22(20)32)24(19-7-6-8-21(31)25(19)33)26(36-23)27(39)35-12-11-18(38)15-37/h6-10,13,15,23-24,26,36H,4-5,11-12,14H2,1-3H3,(H,35,39)/t23-,24-,26+,29-/m0/s1. The van der Waals surface area contributed by atoms with Gasteiger partial charge in [0.05, 0.1) is 17.1 Å².